The van der Waals surface area contributed by atoms with Crippen molar-refractivity contribution in [1.82, 2.24) is 10.3 Å². The summed E-state index contributed by atoms with van der Waals surface area (Å²) in [6.45, 7) is 5.71. The van der Waals surface area contributed by atoms with Crippen LogP contribution in [0.1, 0.15) is 18.2 Å². The number of rotatable bonds is 6. The summed E-state index contributed by atoms with van der Waals surface area (Å²) in [5.74, 6) is 0.00371. The lowest BCUT2D eigenvalue weighted by molar-refractivity contribution is -0.119. The molecule has 0 unspecified atom stereocenters. The Balaban J connectivity index is 1.91. The van der Waals surface area contributed by atoms with E-state index in [-0.39, 0.29) is 5.91 Å². The smallest absolute Gasteiger partial charge is 0.239 e. The molecule has 4 heteroatoms. The van der Waals surface area contributed by atoms with Crippen molar-refractivity contribution in [1.29, 1.82) is 0 Å². The summed E-state index contributed by atoms with van der Waals surface area (Å²) in [5, 5.41) is 2.91. The first-order valence-corrected chi connectivity index (χ1v) is 7.17. The molecule has 1 aromatic carbocycles. The van der Waals surface area contributed by atoms with Crippen molar-refractivity contribution in [3.63, 3.8) is 0 Å². The molecule has 1 N–H and O–H groups in total. The van der Waals surface area contributed by atoms with E-state index in [4.69, 9.17) is 0 Å². The monoisotopic (exact) mass is 283 g/mol. The topological polar surface area (TPSA) is 45.2 Å². The van der Waals surface area contributed by atoms with Gasteiger partial charge >= 0.3 is 0 Å². The summed E-state index contributed by atoms with van der Waals surface area (Å²) in [6.07, 6.45) is 1.73. The lowest BCUT2D eigenvalue weighted by atomic mass is 10.2. The molecule has 2 aromatic rings. The van der Waals surface area contributed by atoms with Crippen molar-refractivity contribution in [2.24, 2.45) is 0 Å². The molecular formula is C17H21N3O. The van der Waals surface area contributed by atoms with Crippen LogP contribution < -0.4 is 10.2 Å². The molecule has 110 valence electrons. The van der Waals surface area contributed by atoms with E-state index in [1.807, 2.05) is 37.3 Å². The maximum atomic E-state index is 12.1. The van der Waals surface area contributed by atoms with Crippen LogP contribution in [0, 0.1) is 6.92 Å². The van der Waals surface area contributed by atoms with Gasteiger partial charge in [0.1, 0.15) is 0 Å². The molecule has 0 saturated heterocycles. The standard InChI is InChI=1S/C17H21N3O/c1-3-20(16-9-6-7-14(2)11-16)13-17(21)19-12-15-8-4-5-10-18-15/h4-11H,3,12-13H2,1-2H3,(H,19,21). The highest BCUT2D eigenvalue weighted by atomic mass is 16.2. The number of carbonyl (C=O) groups is 1. The minimum Gasteiger partial charge on any atom is -0.362 e. The molecule has 21 heavy (non-hydrogen) atoms. The second kappa shape index (κ2) is 7.43. The maximum Gasteiger partial charge on any atom is 0.239 e. The second-order valence-corrected chi connectivity index (χ2v) is 4.95. The molecule has 1 aromatic heterocycles. The number of amides is 1. The Bertz CT molecular complexity index is 584. The van der Waals surface area contributed by atoms with Gasteiger partial charge in [-0.25, -0.2) is 0 Å². The predicted octanol–water partition coefficient (Wildman–Crippen LogP) is 2.53. The Labute approximate surface area is 125 Å². The maximum absolute atomic E-state index is 12.1. The van der Waals surface area contributed by atoms with Crippen molar-refractivity contribution in [2.45, 2.75) is 20.4 Å². The molecule has 0 spiro atoms. The summed E-state index contributed by atoms with van der Waals surface area (Å²) in [7, 11) is 0. The molecular weight excluding hydrogens is 262 g/mol. The lowest BCUT2D eigenvalue weighted by Gasteiger charge is -2.22. The third-order valence-electron chi connectivity index (χ3n) is 3.28. The van der Waals surface area contributed by atoms with E-state index in [9.17, 15) is 4.79 Å². The van der Waals surface area contributed by atoms with Gasteiger partial charge in [0.15, 0.2) is 0 Å². The number of aryl methyl sites for hydroxylation is 1. The van der Waals surface area contributed by atoms with E-state index >= 15 is 0 Å². The summed E-state index contributed by atoms with van der Waals surface area (Å²) < 4.78 is 0. The van der Waals surface area contributed by atoms with Crippen LogP contribution in [0.15, 0.2) is 48.7 Å². The van der Waals surface area contributed by atoms with Gasteiger partial charge in [0.25, 0.3) is 0 Å². The lowest BCUT2D eigenvalue weighted by Crippen LogP contribution is -2.37. The molecule has 0 aliphatic rings. The van der Waals surface area contributed by atoms with Gasteiger partial charge in [-0.1, -0.05) is 18.2 Å². The number of hydrogen-bond donors (Lipinski definition) is 1. The molecule has 0 fully saturated rings. The van der Waals surface area contributed by atoms with Crippen LogP contribution in [0.25, 0.3) is 0 Å². The molecule has 2 rings (SSSR count). The first kappa shape index (κ1) is 15.0. The zero-order valence-corrected chi connectivity index (χ0v) is 12.5. The third-order valence-corrected chi connectivity index (χ3v) is 3.28. The number of anilines is 1. The first-order chi connectivity index (χ1) is 10.2. The summed E-state index contributed by atoms with van der Waals surface area (Å²) in [6, 6.07) is 13.9. The molecule has 0 aliphatic carbocycles. The van der Waals surface area contributed by atoms with Crippen LogP contribution >= 0.6 is 0 Å². The van der Waals surface area contributed by atoms with Gasteiger partial charge in [-0.2, -0.15) is 0 Å². The van der Waals surface area contributed by atoms with Crippen molar-refractivity contribution in [2.75, 3.05) is 18.0 Å². The van der Waals surface area contributed by atoms with E-state index in [0.717, 1.165) is 17.9 Å². The van der Waals surface area contributed by atoms with Gasteiger partial charge < -0.3 is 10.2 Å². The number of carbonyl (C=O) groups excluding carboxylic acids is 1. The average Bonchev–Trinajstić information content (AvgIpc) is 2.51. The van der Waals surface area contributed by atoms with Crippen molar-refractivity contribution in [3.8, 4) is 0 Å². The van der Waals surface area contributed by atoms with E-state index in [0.29, 0.717) is 13.1 Å². The van der Waals surface area contributed by atoms with Crippen molar-refractivity contribution < 1.29 is 4.79 Å². The summed E-state index contributed by atoms with van der Waals surface area (Å²) in [5.41, 5.74) is 3.13. The van der Waals surface area contributed by atoms with Gasteiger partial charge in [0.2, 0.25) is 5.91 Å². The van der Waals surface area contributed by atoms with Gasteiger partial charge in [0, 0.05) is 18.4 Å². The Morgan fingerprint density at radius 2 is 2.10 bits per heavy atom. The first-order valence-electron chi connectivity index (χ1n) is 7.17. The Morgan fingerprint density at radius 3 is 2.76 bits per heavy atom. The predicted molar refractivity (Wildman–Crippen MR) is 85.1 cm³/mol. The quantitative estimate of drug-likeness (QED) is 0.886. The van der Waals surface area contributed by atoms with Crippen LogP contribution in [-0.4, -0.2) is 24.0 Å². The van der Waals surface area contributed by atoms with Crippen LogP contribution in [0.3, 0.4) is 0 Å². The number of nitrogens with zero attached hydrogens (tertiary/aromatic N) is 2. The van der Waals surface area contributed by atoms with Gasteiger partial charge in [-0.15, -0.1) is 0 Å². The van der Waals surface area contributed by atoms with Crippen LogP contribution in [-0.2, 0) is 11.3 Å². The van der Waals surface area contributed by atoms with E-state index in [1.165, 1.54) is 5.56 Å². The van der Waals surface area contributed by atoms with Gasteiger partial charge in [-0.3, -0.25) is 9.78 Å². The summed E-state index contributed by atoms with van der Waals surface area (Å²) in [4.78, 5) is 18.3. The second-order valence-electron chi connectivity index (χ2n) is 4.95. The van der Waals surface area contributed by atoms with Crippen LogP contribution in [0.4, 0.5) is 5.69 Å². The number of nitrogens with one attached hydrogen (secondary N) is 1. The van der Waals surface area contributed by atoms with Gasteiger partial charge in [-0.05, 0) is 43.7 Å². The van der Waals surface area contributed by atoms with Crippen LogP contribution in [0.5, 0.6) is 0 Å². The molecule has 0 radical (unpaired) electrons. The molecule has 4 nitrogen and oxygen atoms in total. The number of pyridine rings is 1. The minimum atomic E-state index is 0.00371. The SMILES string of the molecule is CCN(CC(=O)NCc1ccccn1)c1cccc(C)c1. The highest BCUT2D eigenvalue weighted by Gasteiger charge is 2.10. The zero-order chi connectivity index (χ0) is 15.1. The molecule has 0 bridgehead atoms. The number of benzene rings is 1. The van der Waals surface area contributed by atoms with Gasteiger partial charge in [0.05, 0.1) is 18.8 Å². The fraction of sp³-hybridized carbons (Fsp3) is 0.294. The van der Waals surface area contributed by atoms with E-state index < -0.39 is 0 Å². The van der Waals surface area contributed by atoms with Crippen molar-refractivity contribution >= 4 is 11.6 Å². The molecule has 1 amide bonds. The number of likely N-dealkylation sites (N-methyl/N-ethyl adjacent to an activating group) is 1. The minimum absolute atomic E-state index is 0.00371. The average molecular weight is 283 g/mol. The molecule has 0 aliphatic heterocycles. The van der Waals surface area contributed by atoms with Crippen LogP contribution in [0.2, 0.25) is 0 Å². The van der Waals surface area contributed by atoms with Crippen molar-refractivity contribution in [3.05, 3.63) is 59.9 Å². The molecule has 0 atom stereocenters. The highest BCUT2D eigenvalue weighted by Crippen LogP contribution is 2.15. The molecule has 1 heterocycles. The Kier molecular flexibility index (Phi) is 5.32. The zero-order valence-electron chi connectivity index (χ0n) is 12.5. The largest absolute Gasteiger partial charge is 0.362 e. The number of aromatic nitrogens is 1. The normalized spacial score (nSPS) is 10.2. The number of hydrogen-bond acceptors (Lipinski definition) is 3. The Hall–Kier alpha value is -2.36. The molecule has 0 saturated carbocycles. The summed E-state index contributed by atoms with van der Waals surface area (Å²) >= 11 is 0. The van der Waals surface area contributed by atoms with E-state index in [1.54, 1.807) is 6.20 Å². The van der Waals surface area contributed by atoms with E-state index in [2.05, 4.69) is 34.3 Å². The Morgan fingerprint density at radius 1 is 1.24 bits per heavy atom. The fourth-order valence-electron chi connectivity index (χ4n) is 2.13. The fourth-order valence-corrected chi connectivity index (χ4v) is 2.13. The third kappa shape index (κ3) is 4.60. The highest BCUT2D eigenvalue weighted by molar-refractivity contribution is 5.81.